The minimum absolute atomic E-state index is 0.0334. The SMILES string of the molecule is CC(C)C(S)C(=O)N1CCn2c(nnc2C(F)(F)F)C1. The number of amides is 1. The first-order chi connectivity index (χ1) is 9.21. The summed E-state index contributed by atoms with van der Waals surface area (Å²) in [6, 6.07) is 0. The van der Waals surface area contributed by atoms with Gasteiger partial charge in [-0.25, -0.2) is 0 Å². The first-order valence-corrected chi connectivity index (χ1v) is 6.69. The molecule has 9 heteroatoms. The average molecular weight is 308 g/mol. The summed E-state index contributed by atoms with van der Waals surface area (Å²) in [4.78, 5) is 13.6. The van der Waals surface area contributed by atoms with Crippen LogP contribution in [-0.4, -0.2) is 37.4 Å². The van der Waals surface area contributed by atoms with Gasteiger partial charge >= 0.3 is 6.18 Å². The summed E-state index contributed by atoms with van der Waals surface area (Å²) >= 11 is 4.24. The Labute approximate surface area is 119 Å². The van der Waals surface area contributed by atoms with E-state index in [1.54, 1.807) is 0 Å². The third kappa shape index (κ3) is 2.77. The van der Waals surface area contributed by atoms with Crippen molar-refractivity contribution in [1.82, 2.24) is 19.7 Å². The van der Waals surface area contributed by atoms with E-state index >= 15 is 0 Å². The molecule has 0 aromatic carbocycles. The Bertz CT molecular complexity index is 514. The lowest BCUT2D eigenvalue weighted by molar-refractivity contribution is -0.148. The van der Waals surface area contributed by atoms with E-state index in [9.17, 15) is 18.0 Å². The topological polar surface area (TPSA) is 51.0 Å². The van der Waals surface area contributed by atoms with Crippen LogP contribution in [0.15, 0.2) is 0 Å². The van der Waals surface area contributed by atoms with Crippen LogP contribution in [0.1, 0.15) is 25.5 Å². The van der Waals surface area contributed by atoms with E-state index < -0.39 is 17.3 Å². The van der Waals surface area contributed by atoms with Gasteiger partial charge in [-0.3, -0.25) is 4.79 Å². The van der Waals surface area contributed by atoms with Crippen LogP contribution in [-0.2, 0) is 24.1 Å². The van der Waals surface area contributed by atoms with Crippen LogP contribution < -0.4 is 0 Å². The maximum absolute atomic E-state index is 12.7. The number of aromatic nitrogens is 3. The van der Waals surface area contributed by atoms with E-state index in [4.69, 9.17) is 0 Å². The highest BCUT2D eigenvalue weighted by Gasteiger charge is 2.40. The van der Waals surface area contributed by atoms with Crippen LogP contribution in [0.25, 0.3) is 0 Å². The molecule has 0 bridgehead atoms. The van der Waals surface area contributed by atoms with Crippen LogP contribution >= 0.6 is 12.6 Å². The molecule has 1 aromatic heterocycles. The molecule has 1 amide bonds. The van der Waals surface area contributed by atoms with Gasteiger partial charge in [-0.15, -0.1) is 10.2 Å². The molecule has 0 fully saturated rings. The van der Waals surface area contributed by atoms with E-state index in [2.05, 4.69) is 22.8 Å². The predicted molar refractivity (Wildman–Crippen MR) is 68.1 cm³/mol. The fourth-order valence-electron chi connectivity index (χ4n) is 2.03. The van der Waals surface area contributed by atoms with Crippen molar-refractivity contribution in [1.29, 1.82) is 0 Å². The second-order valence-electron chi connectivity index (χ2n) is 5.04. The zero-order valence-electron chi connectivity index (χ0n) is 11.1. The number of alkyl halides is 3. The van der Waals surface area contributed by atoms with Gasteiger partial charge in [0.15, 0.2) is 5.82 Å². The lowest BCUT2D eigenvalue weighted by Gasteiger charge is -2.30. The van der Waals surface area contributed by atoms with E-state index in [0.29, 0.717) is 0 Å². The molecule has 0 saturated heterocycles. The van der Waals surface area contributed by atoms with Gasteiger partial charge in [0.05, 0.1) is 11.8 Å². The summed E-state index contributed by atoms with van der Waals surface area (Å²) < 4.78 is 39.1. The van der Waals surface area contributed by atoms with Crippen molar-refractivity contribution in [3.63, 3.8) is 0 Å². The number of rotatable bonds is 2. The summed E-state index contributed by atoms with van der Waals surface area (Å²) in [5.41, 5.74) is 0. The number of halogens is 3. The highest BCUT2D eigenvalue weighted by molar-refractivity contribution is 7.81. The average Bonchev–Trinajstić information content (AvgIpc) is 2.79. The molecule has 1 aliphatic rings. The van der Waals surface area contributed by atoms with E-state index in [1.807, 2.05) is 13.8 Å². The molecule has 1 atom stereocenters. The molecule has 5 nitrogen and oxygen atoms in total. The Morgan fingerprint density at radius 1 is 1.30 bits per heavy atom. The third-order valence-electron chi connectivity index (χ3n) is 3.20. The molecule has 1 unspecified atom stereocenters. The second kappa shape index (κ2) is 5.27. The maximum Gasteiger partial charge on any atom is 0.451 e. The summed E-state index contributed by atoms with van der Waals surface area (Å²) in [5, 5.41) is 6.24. The Hall–Kier alpha value is -1.25. The number of hydrogen-bond donors (Lipinski definition) is 1. The first-order valence-electron chi connectivity index (χ1n) is 6.18. The molecule has 0 spiro atoms. The van der Waals surface area contributed by atoms with Crippen molar-refractivity contribution < 1.29 is 18.0 Å². The van der Waals surface area contributed by atoms with E-state index in [-0.39, 0.29) is 37.3 Å². The Kier molecular flexibility index (Phi) is 3.99. The van der Waals surface area contributed by atoms with Gasteiger partial charge < -0.3 is 9.47 Å². The molecule has 1 aromatic rings. The van der Waals surface area contributed by atoms with Crippen LogP contribution in [0.3, 0.4) is 0 Å². The maximum atomic E-state index is 12.7. The van der Waals surface area contributed by atoms with Gasteiger partial charge in [0, 0.05) is 13.1 Å². The predicted octanol–water partition coefficient (Wildman–Crippen LogP) is 1.59. The lowest BCUT2D eigenvalue weighted by atomic mass is 10.1. The molecular formula is C11H15F3N4OS. The number of nitrogens with zero attached hydrogens (tertiary/aromatic N) is 4. The molecule has 0 N–H and O–H groups in total. The van der Waals surface area contributed by atoms with Gasteiger partial charge in [-0.05, 0) is 5.92 Å². The summed E-state index contributed by atoms with van der Waals surface area (Å²) in [6.45, 7) is 4.01. The minimum atomic E-state index is -4.53. The second-order valence-corrected chi connectivity index (χ2v) is 5.59. The zero-order chi connectivity index (χ0) is 15.1. The normalized spacial score (nSPS) is 17.2. The highest BCUT2D eigenvalue weighted by atomic mass is 32.1. The number of hydrogen-bond acceptors (Lipinski definition) is 4. The number of carbonyl (C=O) groups excluding carboxylic acids is 1. The molecule has 1 aliphatic heterocycles. The van der Waals surface area contributed by atoms with E-state index in [1.165, 1.54) is 4.90 Å². The molecule has 0 saturated carbocycles. The monoisotopic (exact) mass is 308 g/mol. The largest absolute Gasteiger partial charge is 0.451 e. The Balaban J connectivity index is 2.17. The summed E-state index contributed by atoms with van der Waals surface area (Å²) in [7, 11) is 0. The van der Waals surface area contributed by atoms with Crippen LogP contribution in [0.2, 0.25) is 0 Å². The molecule has 2 rings (SSSR count). The standard InChI is InChI=1S/C11H15F3N4OS/c1-6(2)8(20)9(19)17-3-4-18-7(5-17)15-16-10(18)11(12,13)14/h6,8,20H,3-5H2,1-2H3. The smallest absolute Gasteiger partial charge is 0.332 e. The highest BCUT2D eigenvalue weighted by Crippen LogP contribution is 2.29. The van der Waals surface area contributed by atoms with Crippen molar-refractivity contribution in [2.45, 2.75) is 38.4 Å². The van der Waals surface area contributed by atoms with Gasteiger partial charge in [0.2, 0.25) is 11.7 Å². The quantitative estimate of drug-likeness (QED) is 0.844. The molecular weight excluding hydrogens is 293 g/mol. The summed E-state index contributed by atoms with van der Waals surface area (Å²) in [6.07, 6.45) is -4.53. The van der Waals surface area contributed by atoms with Crippen molar-refractivity contribution in [2.75, 3.05) is 6.54 Å². The van der Waals surface area contributed by atoms with Crippen molar-refractivity contribution in [3.8, 4) is 0 Å². The third-order valence-corrected chi connectivity index (χ3v) is 4.02. The molecule has 0 radical (unpaired) electrons. The van der Waals surface area contributed by atoms with Crippen molar-refractivity contribution in [3.05, 3.63) is 11.6 Å². The van der Waals surface area contributed by atoms with Gasteiger partial charge in [-0.2, -0.15) is 25.8 Å². The van der Waals surface area contributed by atoms with Gasteiger partial charge in [-0.1, -0.05) is 13.8 Å². The van der Waals surface area contributed by atoms with Crippen LogP contribution in [0.4, 0.5) is 13.2 Å². The number of thiol groups is 1. The Morgan fingerprint density at radius 3 is 2.50 bits per heavy atom. The number of fused-ring (bicyclic) bond motifs is 1. The van der Waals surface area contributed by atoms with E-state index in [0.717, 1.165) is 4.57 Å². The lowest BCUT2D eigenvalue weighted by Crippen LogP contribution is -2.44. The minimum Gasteiger partial charge on any atom is -0.332 e. The molecule has 0 aliphatic carbocycles. The molecule has 20 heavy (non-hydrogen) atoms. The van der Waals surface area contributed by atoms with Crippen molar-refractivity contribution >= 4 is 18.5 Å². The Morgan fingerprint density at radius 2 is 1.95 bits per heavy atom. The van der Waals surface area contributed by atoms with Gasteiger partial charge in [0.25, 0.3) is 0 Å². The van der Waals surface area contributed by atoms with Crippen LogP contribution in [0, 0.1) is 5.92 Å². The van der Waals surface area contributed by atoms with Crippen LogP contribution in [0.5, 0.6) is 0 Å². The summed E-state index contributed by atoms with van der Waals surface area (Å²) in [5.74, 6) is -0.991. The first kappa shape index (κ1) is 15.1. The number of carbonyl (C=O) groups is 1. The van der Waals surface area contributed by atoms with Gasteiger partial charge in [0.1, 0.15) is 0 Å². The molecule has 112 valence electrons. The zero-order valence-corrected chi connectivity index (χ0v) is 11.9. The fourth-order valence-corrected chi connectivity index (χ4v) is 2.19. The fraction of sp³-hybridized carbons (Fsp3) is 0.727. The molecule has 2 heterocycles. The van der Waals surface area contributed by atoms with Crippen molar-refractivity contribution in [2.24, 2.45) is 5.92 Å².